The van der Waals surface area contributed by atoms with Crippen LogP contribution >= 0.6 is 11.6 Å². The van der Waals surface area contributed by atoms with Crippen LogP contribution in [0.5, 0.6) is 0 Å². The molecule has 1 aliphatic carbocycles. The summed E-state index contributed by atoms with van der Waals surface area (Å²) in [4.78, 5) is 14.1. The van der Waals surface area contributed by atoms with Crippen molar-refractivity contribution in [2.75, 3.05) is 7.05 Å². The van der Waals surface area contributed by atoms with Crippen LogP contribution in [0.4, 0.5) is 4.79 Å². The molecule has 0 aliphatic heterocycles. The molecule has 116 valence electrons. The number of amides is 2. The molecule has 1 aromatic heterocycles. The number of fused-ring (bicyclic) bond motifs is 1. The lowest BCUT2D eigenvalue weighted by Crippen LogP contribution is -2.39. The largest absolute Gasteiger partial charge is 0.469 e. The third-order valence-electron chi connectivity index (χ3n) is 4.03. The van der Waals surface area contributed by atoms with Crippen LogP contribution in [0.2, 0.25) is 5.02 Å². The van der Waals surface area contributed by atoms with Gasteiger partial charge in [0.15, 0.2) is 0 Å². The van der Waals surface area contributed by atoms with Crippen molar-refractivity contribution >= 4 is 17.6 Å². The van der Waals surface area contributed by atoms with E-state index in [0.717, 1.165) is 36.1 Å². The lowest BCUT2D eigenvalue weighted by atomic mass is 9.93. The number of rotatable bonds is 3. The standard InChI is InChI=1S/C17H19ClN2O2/c1-20(11-12-5-7-13(18)8-6-12)17(21)19-15-3-2-4-16-14(15)9-10-22-16/h5-10,15H,2-4,11H2,1H3,(H,19,21). The molecule has 2 amide bonds. The second-order valence-corrected chi connectivity index (χ2v) is 6.11. The highest BCUT2D eigenvalue weighted by Gasteiger charge is 2.25. The molecule has 0 fully saturated rings. The molecule has 0 radical (unpaired) electrons. The Morgan fingerprint density at radius 2 is 2.14 bits per heavy atom. The summed E-state index contributed by atoms with van der Waals surface area (Å²) in [5.41, 5.74) is 2.16. The molecule has 1 aromatic carbocycles. The molecule has 22 heavy (non-hydrogen) atoms. The van der Waals surface area contributed by atoms with Crippen molar-refractivity contribution in [3.05, 3.63) is 58.5 Å². The summed E-state index contributed by atoms with van der Waals surface area (Å²) >= 11 is 5.87. The van der Waals surface area contributed by atoms with Crippen LogP contribution < -0.4 is 5.32 Å². The number of halogens is 1. The zero-order chi connectivity index (χ0) is 15.5. The average molecular weight is 319 g/mol. The van der Waals surface area contributed by atoms with E-state index >= 15 is 0 Å². The van der Waals surface area contributed by atoms with Gasteiger partial charge in [0, 0.05) is 30.6 Å². The maximum Gasteiger partial charge on any atom is 0.317 e. The number of hydrogen-bond acceptors (Lipinski definition) is 2. The van der Waals surface area contributed by atoms with E-state index in [1.807, 2.05) is 30.3 Å². The summed E-state index contributed by atoms with van der Waals surface area (Å²) in [5.74, 6) is 0.997. The zero-order valence-corrected chi connectivity index (χ0v) is 13.3. The van der Waals surface area contributed by atoms with Gasteiger partial charge in [0.1, 0.15) is 5.76 Å². The van der Waals surface area contributed by atoms with E-state index in [2.05, 4.69) is 5.32 Å². The minimum atomic E-state index is -0.0750. The Morgan fingerprint density at radius 3 is 2.91 bits per heavy atom. The zero-order valence-electron chi connectivity index (χ0n) is 12.5. The summed E-state index contributed by atoms with van der Waals surface area (Å²) in [5, 5.41) is 3.79. The molecule has 0 saturated heterocycles. The molecule has 1 aliphatic rings. The smallest absolute Gasteiger partial charge is 0.317 e. The van der Waals surface area contributed by atoms with E-state index in [9.17, 15) is 4.79 Å². The number of nitrogens with zero attached hydrogens (tertiary/aromatic N) is 1. The van der Waals surface area contributed by atoms with Crippen LogP contribution in [0, 0.1) is 0 Å². The van der Waals surface area contributed by atoms with Crippen LogP contribution in [0.1, 0.15) is 35.8 Å². The first kappa shape index (κ1) is 15.0. The fourth-order valence-corrected chi connectivity index (χ4v) is 2.96. The lowest BCUT2D eigenvalue weighted by molar-refractivity contribution is 0.201. The summed E-state index contributed by atoms with van der Waals surface area (Å²) in [6, 6.07) is 9.46. The maximum absolute atomic E-state index is 12.4. The predicted molar refractivity (Wildman–Crippen MR) is 85.8 cm³/mol. The van der Waals surface area contributed by atoms with Gasteiger partial charge in [-0.25, -0.2) is 4.79 Å². The number of hydrogen-bond donors (Lipinski definition) is 1. The van der Waals surface area contributed by atoms with Crippen LogP contribution in [-0.4, -0.2) is 18.0 Å². The number of urea groups is 1. The van der Waals surface area contributed by atoms with E-state index in [1.165, 1.54) is 0 Å². The van der Waals surface area contributed by atoms with E-state index < -0.39 is 0 Å². The summed E-state index contributed by atoms with van der Waals surface area (Å²) < 4.78 is 5.46. The lowest BCUT2D eigenvalue weighted by Gasteiger charge is -2.26. The van der Waals surface area contributed by atoms with Crippen molar-refractivity contribution in [2.24, 2.45) is 0 Å². The van der Waals surface area contributed by atoms with E-state index in [0.29, 0.717) is 11.6 Å². The van der Waals surface area contributed by atoms with Gasteiger partial charge in [0.05, 0.1) is 12.3 Å². The summed E-state index contributed by atoms with van der Waals surface area (Å²) in [7, 11) is 1.79. The molecule has 0 saturated carbocycles. The minimum Gasteiger partial charge on any atom is -0.469 e. The van der Waals surface area contributed by atoms with E-state index in [4.69, 9.17) is 16.0 Å². The second-order valence-electron chi connectivity index (χ2n) is 5.68. The normalized spacial score (nSPS) is 16.9. The molecule has 1 unspecified atom stereocenters. The van der Waals surface area contributed by atoms with Crippen LogP contribution in [0.3, 0.4) is 0 Å². The van der Waals surface area contributed by atoms with Gasteiger partial charge in [-0.05, 0) is 36.6 Å². The van der Waals surface area contributed by atoms with Crippen molar-refractivity contribution in [3.8, 4) is 0 Å². The quantitative estimate of drug-likeness (QED) is 0.924. The highest BCUT2D eigenvalue weighted by Crippen LogP contribution is 2.30. The average Bonchev–Trinajstić information content (AvgIpc) is 2.99. The first-order chi connectivity index (χ1) is 10.6. The van der Waals surface area contributed by atoms with Crippen molar-refractivity contribution in [1.29, 1.82) is 0 Å². The van der Waals surface area contributed by atoms with Gasteiger partial charge in [-0.2, -0.15) is 0 Å². The Hall–Kier alpha value is -1.94. The van der Waals surface area contributed by atoms with Gasteiger partial charge in [-0.3, -0.25) is 0 Å². The first-order valence-electron chi connectivity index (χ1n) is 7.46. The van der Waals surface area contributed by atoms with Crippen LogP contribution in [-0.2, 0) is 13.0 Å². The SMILES string of the molecule is CN(Cc1ccc(Cl)cc1)C(=O)NC1CCCc2occc21. The Balaban J connectivity index is 1.61. The molecular formula is C17H19ClN2O2. The number of benzene rings is 1. The molecule has 4 nitrogen and oxygen atoms in total. The molecule has 3 rings (SSSR count). The number of furan rings is 1. The Kier molecular flexibility index (Phi) is 4.39. The van der Waals surface area contributed by atoms with Gasteiger partial charge in [-0.15, -0.1) is 0 Å². The molecular weight excluding hydrogens is 300 g/mol. The van der Waals surface area contributed by atoms with Crippen LogP contribution in [0.15, 0.2) is 41.0 Å². The number of carbonyl (C=O) groups is 1. The van der Waals surface area contributed by atoms with E-state index in [-0.39, 0.29) is 12.1 Å². The van der Waals surface area contributed by atoms with E-state index in [1.54, 1.807) is 18.2 Å². The third kappa shape index (κ3) is 3.28. The molecule has 1 atom stereocenters. The van der Waals surface area contributed by atoms with Gasteiger partial charge in [0.2, 0.25) is 0 Å². The Morgan fingerprint density at radius 1 is 1.36 bits per heavy atom. The molecule has 1 heterocycles. The molecule has 0 spiro atoms. The Bertz CT molecular complexity index is 651. The van der Waals surface area contributed by atoms with Gasteiger partial charge in [-0.1, -0.05) is 23.7 Å². The monoisotopic (exact) mass is 318 g/mol. The van der Waals surface area contributed by atoms with Crippen molar-refractivity contribution in [3.63, 3.8) is 0 Å². The predicted octanol–water partition coefficient (Wildman–Crippen LogP) is 4.15. The fraction of sp³-hybridized carbons (Fsp3) is 0.353. The van der Waals surface area contributed by atoms with Crippen molar-refractivity contribution < 1.29 is 9.21 Å². The topological polar surface area (TPSA) is 45.5 Å². The van der Waals surface area contributed by atoms with Gasteiger partial charge < -0.3 is 14.6 Å². The summed E-state index contributed by atoms with van der Waals surface area (Å²) in [6.45, 7) is 0.550. The molecule has 2 aromatic rings. The number of aryl methyl sites for hydroxylation is 1. The molecule has 1 N–H and O–H groups in total. The Labute approximate surface area is 135 Å². The second kappa shape index (κ2) is 6.44. The van der Waals surface area contributed by atoms with Crippen molar-refractivity contribution in [2.45, 2.75) is 31.8 Å². The van der Waals surface area contributed by atoms with Gasteiger partial charge in [0.25, 0.3) is 0 Å². The highest BCUT2D eigenvalue weighted by atomic mass is 35.5. The molecule has 0 bridgehead atoms. The minimum absolute atomic E-state index is 0.0441. The number of nitrogens with one attached hydrogen (secondary N) is 1. The first-order valence-corrected chi connectivity index (χ1v) is 7.83. The molecule has 5 heteroatoms. The third-order valence-corrected chi connectivity index (χ3v) is 4.28. The fourth-order valence-electron chi connectivity index (χ4n) is 2.83. The number of carbonyl (C=O) groups excluding carboxylic acids is 1. The van der Waals surface area contributed by atoms with Crippen LogP contribution in [0.25, 0.3) is 0 Å². The summed E-state index contributed by atoms with van der Waals surface area (Å²) in [6.07, 6.45) is 4.64. The van der Waals surface area contributed by atoms with Crippen molar-refractivity contribution in [1.82, 2.24) is 10.2 Å². The maximum atomic E-state index is 12.4. The highest BCUT2D eigenvalue weighted by molar-refractivity contribution is 6.30. The van der Waals surface area contributed by atoms with Gasteiger partial charge >= 0.3 is 6.03 Å².